The molecule has 0 aromatic carbocycles. The summed E-state index contributed by atoms with van der Waals surface area (Å²) in [4.78, 5) is 24.8. The Hall–Kier alpha value is -1.30. The lowest BCUT2D eigenvalue weighted by atomic mass is 9.89. The van der Waals surface area contributed by atoms with Crippen LogP contribution in [0.3, 0.4) is 0 Å². The van der Waals surface area contributed by atoms with E-state index in [-0.39, 0.29) is 6.03 Å². The van der Waals surface area contributed by atoms with Crippen molar-refractivity contribution in [3.05, 3.63) is 0 Å². The Kier molecular flexibility index (Phi) is 5.40. The van der Waals surface area contributed by atoms with Gasteiger partial charge in [0.05, 0.1) is 0 Å². The maximum Gasteiger partial charge on any atom is 0.329 e. The quantitative estimate of drug-likeness (QED) is 0.723. The lowest BCUT2D eigenvalue weighted by Crippen LogP contribution is -2.60. The second kappa shape index (κ2) is 6.58. The predicted molar refractivity (Wildman–Crippen MR) is 66.5 cm³/mol. The number of carbonyl (C=O) groups is 2. The summed E-state index contributed by atoms with van der Waals surface area (Å²) >= 11 is 0. The maximum atomic E-state index is 12.0. The van der Waals surface area contributed by atoms with Crippen molar-refractivity contribution in [2.24, 2.45) is 0 Å². The largest absolute Gasteiger partial charge is 0.480 e. The molecule has 18 heavy (non-hydrogen) atoms. The summed E-state index contributed by atoms with van der Waals surface area (Å²) in [6, 6.07) is -0.296. The first-order valence-corrected chi connectivity index (χ1v) is 6.30. The highest BCUT2D eigenvalue weighted by molar-refractivity contribution is 5.86. The van der Waals surface area contributed by atoms with Crippen molar-refractivity contribution in [2.75, 3.05) is 26.8 Å². The van der Waals surface area contributed by atoms with E-state index in [2.05, 4.69) is 5.32 Å². The average molecular weight is 258 g/mol. The molecule has 104 valence electrons. The Balaban J connectivity index is 2.55. The van der Waals surface area contributed by atoms with Crippen LogP contribution in [0.1, 0.15) is 32.6 Å². The van der Waals surface area contributed by atoms with Gasteiger partial charge < -0.3 is 20.1 Å². The number of nitrogens with zero attached hydrogens (tertiary/aromatic N) is 1. The first kappa shape index (κ1) is 14.8. The molecule has 1 rings (SSSR count). The van der Waals surface area contributed by atoms with Crippen LogP contribution in [0.4, 0.5) is 4.79 Å². The number of hydrogen-bond donors (Lipinski definition) is 2. The highest BCUT2D eigenvalue weighted by Crippen LogP contribution is 2.28. The monoisotopic (exact) mass is 258 g/mol. The van der Waals surface area contributed by atoms with Gasteiger partial charge in [0.25, 0.3) is 0 Å². The summed E-state index contributed by atoms with van der Waals surface area (Å²) < 4.78 is 4.89. The Morgan fingerprint density at radius 2 is 2.17 bits per heavy atom. The number of piperidine rings is 1. The fraction of sp³-hybridized carbons (Fsp3) is 0.833. The van der Waals surface area contributed by atoms with Gasteiger partial charge in [-0.25, -0.2) is 9.59 Å². The number of aliphatic carboxylic acids is 1. The number of nitrogens with one attached hydrogen (secondary N) is 1. The molecular formula is C12H22N2O4. The number of hydrogen-bond acceptors (Lipinski definition) is 3. The van der Waals surface area contributed by atoms with Gasteiger partial charge in [0.1, 0.15) is 5.54 Å². The van der Waals surface area contributed by atoms with E-state index in [0.717, 1.165) is 19.3 Å². The van der Waals surface area contributed by atoms with Gasteiger partial charge in [-0.2, -0.15) is 0 Å². The highest BCUT2D eigenvalue weighted by atomic mass is 16.5. The molecule has 2 N–H and O–H groups in total. The van der Waals surface area contributed by atoms with Gasteiger partial charge >= 0.3 is 12.0 Å². The molecule has 0 aromatic heterocycles. The summed E-state index contributed by atoms with van der Waals surface area (Å²) in [5.41, 5.74) is -1.08. The zero-order chi connectivity index (χ0) is 13.6. The summed E-state index contributed by atoms with van der Waals surface area (Å²) in [6.45, 7) is 3.19. The molecule has 0 aromatic rings. The van der Waals surface area contributed by atoms with Crippen molar-refractivity contribution in [3.63, 3.8) is 0 Å². The van der Waals surface area contributed by atoms with E-state index in [1.165, 1.54) is 4.90 Å². The van der Waals surface area contributed by atoms with Crippen LogP contribution in [0.2, 0.25) is 0 Å². The Labute approximate surface area is 107 Å². The van der Waals surface area contributed by atoms with Crippen molar-refractivity contribution in [3.8, 4) is 0 Å². The van der Waals surface area contributed by atoms with Crippen molar-refractivity contribution < 1.29 is 19.4 Å². The van der Waals surface area contributed by atoms with Gasteiger partial charge in [-0.05, 0) is 32.6 Å². The number of methoxy groups -OCH3 is 1. The van der Waals surface area contributed by atoms with Crippen LogP contribution in [-0.2, 0) is 9.53 Å². The number of amides is 2. The SMILES string of the molecule is COCCCNC(=O)N1CCCCC1(C)C(=O)O. The first-order chi connectivity index (χ1) is 8.52. The number of likely N-dealkylation sites (tertiary alicyclic amines) is 1. The van der Waals surface area contributed by atoms with E-state index in [0.29, 0.717) is 26.1 Å². The van der Waals surface area contributed by atoms with Crippen LogP contribution in [-0.4, -0.2) is 54.4 Å². The zero-order valence-electron chi connectivity index (χ0n) is 11.1. The van der Waals surface area contributed by atoms with Crippen LogP contribution >= 0.6 is 0 Å². The minimum Gasteiger partial charge on any atom is -0.480 e. The van der Waals surface area contributed by atoms with Crippen LogP contribution in [0.25, 0.3) is 0 Å². The van der Waals surface area contributed by atoms with Crippen molar-refractivity contribution in [1.82, 2.24) is 10.2 Å². The molecule has 0 aliphatic carbocycles. The van der Waals surface area contributed by atoms with Crippen molar-refractivity contribution in [2.45, 2.75) is 38.1 Å². The topological polar surface area (TPSA) is 78.9 Å². The molecule has 1 atom stereocenters. The summed E-state index contributed by atoms with van der Waals surface area (Å²) in [5, 5.41) is 12.0. The third-order valence-corrected chi connectivity index (χ3v) is 3.40. The van der Waals surface area contributed by atoms with E-state index in [4.69, 9.17) is 4.74 Å². The summed E-state index contributed by atoms with van der Waals surface area (Å²) in [5.74, 6) is -0.936. The molecule has 1 aliphatic rings. The first-order valence-electron chi connectivity index (χ1n) is 6.30. The van der Waals surface area contributed by atoms with Gasteiger partial charge in [0.2, 0.25) is 0 Å². The third kappa shape index (κ3) is 3.35. The summed E-state index contributed by atoms with van der Waals surface area (Å²) in [7, 11) is 1.61. The maximum absolute atomic E-state index is 12.0. The molecule has 6 nitrogen and oxygen atoms in total. The fourth-order valence-electron chi connectivity index (χ4n) is 2.18. The lowest BCUT2D eigenvalue weighted by molar-refractivity contribution is -0.150. The van der Waals surface area contributed by atoms with Crippen LogP contribution in [0.15, 0.2) is 0 Å². The number of rotatable bonds is 5. The van der Waals surface area contributed by atoms with Gasteiger partial charge in [0.15, 0.2) is 0 Å². The van der Waals surface area contributed by atoms with Crippen LogP contribution < -0.4 is 5.32 Å². The molecule has 1 saturated heterocycles. The predicted octanol–water partition coefficient (Wildman–Crippen LogP) is 1.06. The smallest absolute Gasteiger partial charge is 0.329 e. The van der Waals surface area contributed by atoms with E-state index >= 15 is 0 Å². The molecule has 1 unspecified atom stereocenters. The second-order valence-electron chi connectivity index (χ2n) is 4.77. The van der Waals surface area contributed by atoms with E-state index in [1.54, 1.807) is 14.0 Å². The lowest BCUT2D eigenvalue weighted by Gasteiger charge is -2.41. The van der Waals surface area contributed by atoms with Crippen LogP contribution in [0.5, 0.6) is 0 Å². The van der Waals surface area contributed by atoms with Crippen molar-refractivity contribution in [1.29, 1.82) is 0 Å². The standard InChI is InChI=1S/C12H22N2O4/c1-12(10(15)16)6-3-4-8-14(12)11(17)13-7-5-9-18-2/h3-9H2,1-2H3,(H,13,17)(H,15,16). The molecular weight excluding hydrogens is 236 g/mol. The van der Waals surface area contributed by atoms with E-state index in [9.17, 15) is 14.7 Å². The minimum absolute atomic E-state index is 0.296. The Morgan fingerprint density at radius 3 is 2.78 bits per heavy atom. The number of carbonyl (C=O) groups excluding carboxylic acids is 1. The molecule has 0 radical (unpaired) electrons. The fourth-order valence-corrected chi connectivity index (χ4v) is 2.18. The molecule has 0 bridgehead atoms. The molecule has 1 aliphatic heterocycles. The van der Waals surface area contributed by atoms with Gasteiger partial charge in [-0.1, -0.05) is 0 Å². The summed E-state index contributed by atoms with van der Waals surface area (Å²) in [6.07, 6.45) is 2.93. The molecule has 0 saturated carbocycles. The average Bonchev–Trinajstić information content (AvgIpc) is 2.34. The van der Waals surface area contributed by atoms with E-state index < -0.39 is 11.5 Å². The number of ether oxygens (including phenoxy) is 1. The number of urea groups is 1. The second-order valence-corrected chi connectivity index (χ2v) is 4.77. The van der Waals surface area contributed by atoms with Gasteiger partial charge in [0, 0.05) is 26.8 Å². The van der Waals surface area contributed by atoms with Crippen molar-refractivity contribution >= 4 is 12.0 Å². The Bertz CT molecular complexity index is 308. The van der Waals surface area contributed by atoms with Crippen LogP contribution in [0, 0.1) is 0 Å². The molecule has 0 spiro atoms. The molecule has 1 heterocycles. The highest BCUT2D eigenvalue weighted by Gasteiger charge is 2.43. The van der Waals surface area contributed by atoms with E-state index in [1.807, 2.05) is 0 Å². The number of carboxylic acid groups (broad SMARTS) is 1. The van der Waals surface area contributed by atoms with Gasteiger partial charge in [-0.3, -0.25) is 0 Å². The minimum atomic E-state index is -1.08. The molecule has 6 heteroatoms. The molecule has 1 fully saturated rings. The zero-order valence-corrected chi connectivity index (χ0v) is 11.1. The normalized spacial score (nSPS) is 23.8. The molecule has 2 amide bonds. The van der Waals surface area contributed by atoms with Gasteiger partial charge in [-0.15, -0.1) is 0 Å². The third-order valence-electron chi connectivity index (χ3n) is 3.40. The number of carboxylic acids is 1. The Morgan fingerprint density at radius 1 is 1.44 bits per heavy atom.